The number of hydrogen-bond acceptors (Lipinski definition) is 5. The van der Waals surface area contributed by atoms with Crippen molar-refractivity contribution in [2.75, 3.05) is 5.32 Å². The summed E-state index contributed by atoms with van der Waals surface area (Å²) in [6.45, 7) is 5.34. The first-order valence-corrected chi connectivity index (χ1v) is 9.96. The van der Waals surface area contributed by atoms with Crippen LogP contribution in [0.1, 0.15) is 48.6 Å². The molecule has 0 radical (unpaired) electrons. The zero-order valence-corrected chi connectivity index (χ0v) is 16.8. The van der Waals surface area contributed by atoms with Crippen molar-refractivity contribution in [2.45, 2.75) is 38.0 Å². The van der Waals surface area contributed by atoms with E-state index in [1.54, 1.807) is 12.4 Å². The first-order valence-electron chi connectivity index (χ1n) is 9.96. The molecule has 7 nitrogen and oxygen atoms in total. The fourth-order valence-electron chi connectivity index (χ4n) is 3.24. The normalized spacial score (nSPS) is 14.2. The number of nitrogens with one attached hydrogen (secondary N) is 2. The number of nitrogens with zero attached hydrogens (tertiary/aromatic N) is 3. The molecule has 1 aliphatic rings. The third-order valence-electron chi connectivity index (χ3n) is 5.21. The van der Waals surface area contributed by atoms with Gasteiger partial charge in [-0.05, 0) is 37.5 Å². The fourth-order valence-corrected chi connectivity index (χ4v) is 3.24. The predicted molar refractivity (Wildman–Crippen MR) is 114 cm³/mol. The van der Waals surface area contributed by atoms with Gasteiger partial charge in [0.1, 0.15) is 0 Å². The number of benzene rings is 1. The SMILES string of the molecule is C=CC(=O)Cc1cncc(-c2cccc(C(C)C(=O)Nc3cc(C4CC4)[nH]n3)c2)n1. The smallest absolute Gasteiger partial charge is 0.232 e. The van der Waals surface area contributed by atoms with Crippen LogP contribution < -0.4 is 5.32 Å². The van der Waals surface area contributed by atoms with E-state index in [2.05, 4.69) is 32.1 Å². The Kier molecular flexibility index (Phi) is 5.52. The lowest BCUT2D eigenvalue weighted by Gasteiger charge is -2.13. The number of ketones is 1. The molecule has 4 rings (SSSR count). The van der Waals surface area contributed by atoms with Crippen molar-refractivity contribution in [1.29, 1.82) is 0 Å². The van der Waals surface area contributed by atoms with Crippen LogP contribution in [0.15, 0.2) is 55.4 Å². The average molecular weight is 401 g/mol. The summed E-state index contributed by atoms with van der Waals surface area (Å²) >= 11 is 0. The number of H-pyrrole nitrogens is 1. The maximum absolute atomic E-state index is 12.7. The molecule has 1 aliphatic carbocycles. The fraction of sp³-hybridized carbons (Fsp3) is 0.261. The van der Waals surface area contributed by atoms with E-state index < -0.39 is 0 Å². The number of anilines is 1. The van der Waals surface area contributed by atoms with Crippen LogP contribution in [0.4, 0.5) is 5.82 Å². The quantitative estimate of drug-likeness (QED) is 0.560. The lowest BCUT2D eigenvalue weighted by atomic mass is 9.97. The van der Waals surface area contributed by atoms with E-state index in [-0.39, 0.29) is 24.0 Å². The van der Waals surface area contributed by atoms with Gasteiger partial charge < -0.3 is 5.32 Å². The lowest BCUT2D eigenvalue weighted by molar-refractivity contribution is -0.117. The Morgan fingerprint density at radius 3 is 2.90 bits per heavy atom. The second-order valence-electron chi connectivity index (χ2n) is 7.56. The monoisotopic (exact) mass is 401 g/mol. The van der Waals surface area contributed by atoms with E-state index >= 15 is 0 Å². The van der Waals surface area contributed by atoms with Gasteiger partial charge in [-0.3, -0.25) is 19.7 Å². The molecule has 30 heavy (non-hydrogen) atoms. The van der Waals surface area contributed by atoms with E-state index in [4.69, 9.17) is 0 Å². The van der Waals surface area contributed by atoms with Crippen LogP contribution in [0.5, 0.6) is 0 Å². The summed E-state index contributed by atoms with van der Waals surface area (Å²) in [5.41, 5.74) is 4.01. The van der Waals surface area contributed by atoms with Gasteiger partial charge in [0, 0.05) is 29.4 Å². The topological polar surface area (TPSA) is 101 Å². The van der Waals surface area contributed by atoms with Crippen LogP contribution in [-0.2, 0) is 16.0 Å². The number of amides is 1. The Balaban J connectivity index is 1.49. The van der Waals surface area contributed by atoms with E-state index in [9.17, 15) is 9.59 Å². The number of hydrogen-bond donors (Lipinski definition) is 2. The zero-order valence-electron chi connectivity index (χ0n) is 16.8. The van der Waals surface area contributed by atoms with Crippen LogP contribution >= 0.6 is 0 Å². The Morgan fingerprint density at radius 2 is 2.13 bits per heavy atom. The largest absolute Gasteiger partial charge is 0.309 e. The van der Waals surface area contributed by atoms with Crippen LogP contribution in [0.2, 0.25) is 0 Å². The van der Waals surface area contributed by atoms with Crippen molar-refractivity contribution in [1.82, 2.24) is 20.2 Å². The third kappa shape index (κ3) is 4.51. The number of aromatic amines is 1. The Bertz CT molecular complexity index is 1100. The molecule has 2 N–H and O–H groups in total. The van der Waals surface area contributed by atoms with Gasteiger partial charge in [0.25, 0.3) is 0 Å². The standard InChI is InChI=1S/C23H23N5O2/c1-3-19(29)10-18-12-24-13-21(25-18)17-6-4-5-16(9-17)14(2)23(30)26-22-11-20(27-28-22)15-7-8-15/h3-6,9,11-15H,1,7-8,10H2,2H3,(H2,26,27,28,30). The van der Waals surface area contributed by atoms with Crippen molar-refractivity contribution in [3.05, 3.63) is 72.3 Å². The molecule has 2 aromatic heterocycles. The molecule has 1 amide bonds. The summed E-state index contributed by atoms with van der Waals surface area (Å²) in [4.78, 5) is 33.0. The van der Waals surface area contributed by atoms with Crippen molar-refractivity contribution in [3.63, 3.8) is 0 Å². The molecule has 1 aromatic carbocycles. The van der Waals surface area contributed by atoms with Crippen LogP contribution in [-0.4, -0.2) is 31.9 Å². The van der Waals surface area contributed by atoms with Gasteiger partial charge >= 0.3 is 0 Å². The summed E-state index contributed by atoms with van der Waals surface area (Å²) < 4.78 is 0. The highest BCUT2D eigenvalue weighted by Gasteiger charge is 2.26. The molecular weight excluding hydrogens is 378 g/mol. The van der Waals surface area contributed by atoms with Gasteiger partial charge in [0.15, 0.2) is 11.6 Å². The molecule has 1 saturated carbocycles. The molecule has 152 valence electrons. The molecule has 7 heteroatoms. The Morgan fingerprint density at radius 1 is 1.30 bits per heavy atom. The van der Waals surface area contributed by atoms with Crippen molar-refractivity contribution in [2.24, 2.45) is 0 Å². The molecule has 1 unspecified atom stereocenters. The highest BCUT2D eigenvalue weighted by Crippen LogP contribution is 2.39. The van der Waals surface area contributed by atoms with E-state index in [1.165, 1.54) is 18.9 Å². The summed E-state index contributed by atoms with van der Waals surface area (Å²) in [6.07, 6.45) is 7.01. The molecule has 3 aromatic rings. The van der Waals surface area contributed by atoms with Gasteiger partial charge in [-0.25, -0.2) is 4.98 Å². The van der Waals surface area contributed by atoms with Gasteiger partial charge in [0.2, 0.25) is 5.91 Å². The van der Waals surface area contributed by atoms with Gasteiger partial charge in [-0.15, -0.1) is 0 Å². The number of carbonyl (C=O) groups is 2. The lowest BCUT2D eigenvalue weighted by Crippen LogP contribution is -2.19. The van der Waals surface area contributed by atoms with Crippen LogP contribution in [0.25, 0.3) is 11.3 Å². The highest BCUT2D eigenvalue weighted by atomic mass is 16.2. The van der Waals surface area contributed by atoms with Crippen LogP contribution in [0, 0.1) is 0 Å². The summed E-state index contributed by atoms with van der Waals surface area (Å²) in [5, 5.41) is 10.1. The number of aromatic nitrogens is 4. The zero-order chi connectivity index (χ0) is 21.1. The summed E-state index contributed by atoms with van der Waals surface area (Å²) in [5.74, 6) is 0.497. The molecule has 0 spiro atoms. The first kappa shape index (κ1) is 19.7. The first-order chi connectivity index (χ1) is 14.5. The average Bonchev–Trinajstić information content (AvgIpc) is 3.52. The third-order valence-corrected chi connectivity index (χ3v) is 5.21. The van der Waals surface area contributed by atoms with Crippen molar-refractivity contribution in [3.8, 4) is 11.3 Å². The molecule has 0 bridgehead atoms. The highest BCUT2D eigenvalue weighted by molar-refractivity contribution is 5.95. The predicted octanol–water partition coefficient (Wildman–Crippen LogP) is 3.78. The molecule has 2 heterocycles. The molecule has 1 atom stereocenters. The minimum Gasteiger partial charge on any atom is -0.309 e. The molecule has 0 aliphatic heterocycles. The minimum absolute atomic E-state index is 0.108. The second-order valence-corrected chi connectivity index (χ2v) is 7.56. The second kappa shape index (κ2) is 8.41. The van der Waals surface area contributed by atoms with Gasteiger partial charge in [0.05, 0.1) is 29.9 Å². The van der Waals surface area contributed by atoms with E-state index in [1.807, 2.05) is 37.3 Å². The Labute approximate surface area is 174 Å². The van der Waals surface area contributed by atoms with Crippen LogP contribution in [0.3, 0.4) is 0 Å². The molecular formula is C23H23N5O2. The summed E-state index contributed by atoms with van der Waals surface area (Å²) in [7, 11) is 0. The minimum atomic E-state index is -0.371. The van der Waals surface area contributed by atoms with Gasteiger partial charge in [-0.1, -0.05) is 24.8 Å². The number of allylic oxidation sites excluding steroid dienone is 1. The number of carbonyl (C=O) groups excluding carboxylic acids is 2. The maximum atomic E-state index is 12.7. The van der Waals surface area contributed by atoms with E-state index in [0.29, 0.717) is 23.1 Å². The number of rotatable bonds is 8. The van der Waals surface area contributed by atoms with Crippen molar-refractivity contribution >= 4 is 17.5 Å². The molecule has 1 fully saturated rings. The van der Waals surface area contributed by atoms with Crippen molar-refractivity contribution < 1.29 is 9.59 Å². The summed E-state index contributed by atoms with van der Waals surface area (Å²) in [6, 6.07) is 9.54. The Hall–Kier alpha value is -3.61. The van der Waals surface area contributed by atoms with E-state index in [0.717, 1.165) is 16.8 Å². The molecule has 0 saturated heterocycles. The van der Waals surface area contributed by atoms with Gasteiger partial charge in [-0.2, -0.15) is 5.10 Å². The maximum Gasteiger partial charge on any atom is 0.232 e.